The zero-order chi connectivity index (χ0) is 17.9. The third kappa shape index (κ3) is 3.51. The van der Waals surface area contributed by atoms with Gasteiger partial charge >= 0.3 is 0 Å². The minimum atomic E-state index is -0.962. The number of benzene rings is 2. The molecule has 2 N–H and O–H groups in total. The molecule has 24 heavy (non-hydrogen) atoms. The minimum absolute atomic E-state index is 0.0264. The van der Waals surface area contributed by atoms with Crippen molar-refractivity contribution < 1.29 is 23.3 Å². The van der Waals surface area contributed by atoms with Crippen LogP contribution in [0.15, 0.2) is 36.4 Å². The Morgan fingerprint density at radius 2 is 1.75 bits per heavy atom. The SMILES string of the molecule is CNC(=O)c1cc(NC(=O)c2cc(F)ccc2[N+](=O)[O-])ccc1F. The van der Waals surface area contributed by atoms with Crippen molar-refractivity contribution in [2.24, 2.45) is 0 Å². The van der Waals surface area contributed by atoms with Gasteiger partial charge in [-0.1, -0.05) is 0 Å². The number of nitrogens with zero attached hydrogens (tertiary/aromatic N) is 1. The molecule has 2 aromatic carbocycles. The van der Waals surface area contributed by atoms with Crippen molar-refractivity contribution in [3.8, 4) is 0 Å². The van der Waals surface area contributed by atoms with Crippen LogP contribution in [0, 0.1) is 21.7 Å². The molecule has 0 saturated heterocycles. The van der Waals surface area contributed by atoms with Gasteiger partial charge in [-0.15, -0.1) is 0 Å². The number of hydrogen-bond donors (Lipinski definition) is 2. The number of rotatable bonds is 4. The second-order valence-corrected chi connectivity index (χ2v) is 4.65. The largest absolute Gasteiger partial charge is 0.355 e. The third-order valence-electron chi connectivity index (χ3n) is 3.10. The zero-order valence-corrected chi connectivity index (χ0v) is 12.3. The molecule has 9 heteroatoms. The van der Waals surface area contributed by atoms with Crippen LogP contribution in [0.25, 0.3) is 0 Å². The molecule has 0 atom stereocenters. The van der Waals surface area contributed by atoms with Crippen molar-refractivity contribution in [2.75, 3.05) is 12.4 Å². The lowest BCUT2D eigenvalue weighted by atomic mass is 10.1. The van der Waals surface area contributed by atoms with Gasteiger partial charge in [-0.2, -0.15) is 0 Å². The predicted octanol–water partition coefficient (Wildman–Crippen LogP) is 2.48. The van der Waals surface area contributed by atoms with Gasteiger partial charge in [-0.25, -0.2) is 8.78 Å². The molecule has 0 aliphatic rings. The van der Waals surface area contributed by atoms with Crippen molar-refractivity contribution in [1.29, 1.82) is 0 Å². The van der Waals surface area contributed by atoms with Crippen LogP contribution in [-0.2, 0) is 0 Å². The molecule has 0 unspecified atom stereocenters. The number of nitro benzene ring substituents is 1. The number of carbonyl (C=O) groups is 2. The highest BCUT2D eigenvalue weighted by Crippen LogP contribution is 2.22. The van der Waals surface area contributed by atoms with Crippen LogP contribution in [0.2, 0.25) is 0 Å². The van der Waals surface area contributed by atoms with Gasteiger partial charge in [0.1, 0.15) is 17.2 Å². The second-order valence-electron chi connectivity index (χ2n) is 4.65. The van der Waals surface area contributed by atoms with E-state index >= 15 is 0 Å². The van der Waals surface area contributed by atoms with Crippen LogP contribution in [0.1, 0.15) is 20.7 Å². The van der Waals surface area contributed by atoms with Crippen LogP contribution in [0.5, 0.6) is 0 Å². The van der Waals surface area contributed by atoms with E-state index in [1.165, 1.54) is 13.1 Å². The van der Waals surface area contributed by atoms with Gasteiger partial charge < -0.3 is 10.6 Å². The highest BCUT2D eigenvalue weighted by atomic mass is 19.1. The summed E-state index contributed by atoms with van der Waals surface area (Å²) < 4.78 is 26.9. The molecule has 2 amide bonds. The Balaban J connectivity index is 2.36. The molecule has 2 aromatic rings. The number of nitro groups is 1. The van der Waals surface area contributed by atoms with Gasteiger partial charge in [0.25, 0.3) is 17.5 Å². The van der Waals surface area contributed by atoms with E-state index in [2.05, 4.69) is 10.6 Å². The van der Waals surface area contributed by atoms with Crippen LogP contribution >= 0.6 is 0 Å². The topological polar surface area (TPSA) is 101 Å². The molecule has 0 saturated carbocycles. The molecule has 0 aliphatic carbocycles. The van der Waals surface area contributed by atoms with Gasteiger partial charge in [-0.05, 0) is 30.3 Å². The molecule has 2 rings (SSSR count). The summed E-state index contributed by atoms with van der Waals surface area (Å²) in [5, 5.41) is 15.4. The monoisotopic (exact) mass is 335 g/mol. The summed E-state index contributed by atoms with van der Waals surface area (Å²) >= 11 is 0. The fraction of sp³-hybridized carbons (Fsp3) is 0.0667. The predicted molar refractivity (Wildman–Crippen MR) is 80.8 cm³/mol. The summed E-state index contributed by atoms with van der Waals surface area (Å²) in [5.41, 5.74) is -1.36. The maximum Gasteiger partial charge on any atom is 0.282 e. The highest BCUT2D eigenvalue weighted by molar-refractivity contribution is 6.07. The van der Waals surface area contributed by atoms with E-state index in [4.69, 9.17) is 0 Å². The maximum atomic E-state index is 13.6. The number of amides is 2. The van der Waals surface area contributed by atoms with E-state index in [1.54, 1.807) is 0 Å². The summed E-state index contributed by atoms with van der Waals surface area (Å²) in [7, 11) is 1.31. The lowest BCUT2D eigenvalue weighted by Gasteiger charge is -2.08. The first-order valence-electron chi connectivity index (χ1n) is 6.60. The average molecular weight is 335 g/mol. The van der Waals surface area contributed by atoms with Gasteiger partial charge in [0, 0.05) is 18.8 Å². The molecule has 0 radical (unpaired) electrons. The van der Waals surface area contributed by atoms with E-state index in [-0.39, 0.29) is 11.3 Å². The standard InChI is InChI=1S/C15H11F2N3O4/c1-18-14(21)10-7-9(3-4-12(10)17)19-15(22)11-6-8(16)2-5-13(11)20(23)24/h2-7H,1H3,(H,18,21)(H,19,22). The molecular formula is C15H11F2N3O4. The van der Waals surface area contributed by atoms with Crippen LogP contribution in [0.3, 0.4) is 0 Å². The molecule has 7 nitrogen and oxygen atoms in total. The van der Waals surface area contributed by atoms with Crippen molar-refractivity contribution >= 4 is 23.2 Å². The number of hydrogen-bond acceptors (Lipinski definition) is 4. The van der Waals surface area contributed by atoms with Crippen molar-refractivity contribution in [1.82, 2.24) is 5.32 Å². The minimum Gasteiger partial charge on any atom is -0.355 e. The van der Waals surface area contributed by atoms with Gasteiger partial charge in [0.05, 0.1) is 10.5 Å². The first-order chi connectivity index (χ1) is 11.3. The fourth-order valence-corrected chi connectivity index (χ4v) is 1.96. The first kappa shape index (κ1) is 17.0. The Kier molecular flexibility index (Phi) is 4.83. The number of carbonyl (C=O) groups excluding carboxylic acids is 2. The normalized spacial score (nSPS) is 10.1. The lowest BCUT2D eigenvalue weighted by molar-refractivity contribution is -0.385. The number of anilines is 1. The van der Waals surface area contributed by atoms with Gasteiger partial charge in [0.2, 0.25) is 0 Å². The molecule has 0 bridgehead atoms. The summed E-state index contributed by atoms with van der Waals surface area (Å²) in [5.74, 6) is -3.30. The summed E-state index contributed by atoms with van der Waals surface area (Å²) in [6.07, 6.45) is 0. The number of halogens is 2. The van der Waals surface area contributed by atoms with Crippen molar-refractivity contribution in [3.63, 3.8) is 0 Å². The fourth-order valence-electron chi connectivity index (χ4n) is 1.96. The molecular weight excluding hydrogens is 324 g/mol. The Bertz CT molecular complexity index is 839. The smallest absolute Gasteiger partial charge is 0.282 e. The van der Waals surface area contributed by atoms with Crippen LogP contribution < -0.4 is 10.6 Å². The summed E-state index contributed by atoms with van der Waals surface area (Å²) in [6.45, 7) is 0. The number of nitrogens with one attached hydrogen (secondary N) is 2. The summed E-state index contributed by atoms with van der Waals surface area (Å²) in [6, 6.07) is 5.64. The molecule has 0 spiro atoms. The molecule has 0 aromatic heterocycles. The zero-order valence-electron chi connectivity index (χ0n) is 12.3. The Labute approximate surface area is 134 Å². The van der Waals surface area contributed by atoms with E-state index in [0.717, 1.165) is 30.3 Å². The Hall–Kier alpha value is -3.36. The summed E-state index contributed by atoms with van der Waals surface area (Å²) in [4.78, 5) is 33.8. The lowest BCUT2D eigenvalue weighted by Crippen LogP contribution is -2.20. The van der Waals surface area contributed by atoms with E-state index in [1.807, 2.05) is 0 Å². The van der Waals surface area contributed by atoms with Gasteiger partial charge in [-0.3, -0.25) is 19.7 Å². The van der Waals surface area contributed by atoms with Crippen molar-refractivity contribution in [2.45, 2.75) is 0 Å². The Morgan fingerprint density at radius 1 is 1.04 bits per heavy atom. The molecule has 124 valence electrons. The van der Waals surface area contributed by atoms with Crippen LogP contribution in [0.4, 0.5) is 20.2 Å². The van der Waals surface area contributed by atoms with Gasteiger partial charge in [0.15, 0.2) is 0 Å². The quantitative estimate of drug-likeness (QED) is 0.662. The van der Waals surface area contributed by atoms with Crippen molar-refractivity contribution in [3.05, 3.63) is 69.3 Å². The average Bonchev–Trinajstić information content (AvgIpc) is 2.55. The van der Waals surface area contributed by atoms with E-state index in [0.29, 0.717) is 0 Å². The second kappa shape index (κ2) is 6.82. The first-order valence-corrected chi connectivity index (χ1v) is 6.60. The molecule has 0 heterocycles. The highest BCUT2D eigenvalue weighted by Gasteiger charge is 2.21. The molecule has 0 aliphatic heterocycles. The third-order valence-corrected chi connectivity index (χ3v) is 3.10. The maximum absolute atomic E-state index is 13.6. The van der Waals surface area contributed by atoms with E-state index < -0.39 is 39.6 Å². The Morgan fingerprint density at radius 3 is 2.38 bits per heavy atom. The van der Waals surface area contributed by atoms with Crippen LogP contribution in [-0.4, -0.2) is 23.8 Å². The molecule has 0 fully saturated rings. The van der Waals surface area contributed by atoms with E-state index in [9.17, 15) is 28.5 Å².